The van der Waals surface area contributed by atoms with Crippen molar-refractivity contribution in [2.45, 2.75) is 172 Å². The van der Waals surface area contributed by atoms with Crippen LogP contribution in [0.4, 0.5) is 0 Å². The maximum atomic E-state index is 14.5. The van der Waals surface area contributed by atoms with Crippen molar-refractivity contribution in [2.24, 2.45) is 11.8 Å². The summed E-state index contributed by atoms with van der Waals surface area (Å²) in [5.41, 5.74) is 11.8. The minimum Gasteiger partial charge on any atom is -0.508 e. The highest BCUT2D eigenvalue weighted by molar-refractivity contribution is 6.41. The normalized spacial score (nSPS) is 16.4. The molecule has 10 atom stereocenters. The number of nitrogens with zero attached hydrogens (tertiary/aromatic N) is 1. The highest BCUT2D eigenvalue weighted by Gasteiger charge is 2.44. The molecule has 1 heterocycles. The van der Waals surface area contributed by atoms with Crippen molar-refractivity contribution in [1.29, 1.82) is 0 Å². The first-order valence-corrected chi connectivity index (χ1v) is 27.1. The number of carbonyl (C=O) groups excluding carboxylic acids is 9. The zero-order valence-electron chi connectivity index (χ0n) is 46.3. The minimum absolute atomic E-state index is 0.00546. The van der Waals surface area contributed by atoms with Crippen LogP contribution in [0.1, 0.15) is 116 Å². The molecule has 0 radical (unpaired) electrons. The zero-order chi connectivity index (χ0) is 61.1. The van der Waals surface area contributed by atoms with Crippen molar-refractivity contribution in [3.8, 4) is 5.75 Å². The number of carboxylic acids is 4. The molecule has 1 fully saturated rings. The van der Waals surface area contributed by atoms with Gasteiger partial charge in [0.2, 0.25) is 41.1 Å². The van der Waals surface area contributed by atoms with Crippen LogP contribution in [-0.2, 0) is 75.2 Å². The van der Waals surface area contributed by atoms with Crippen LogP contribution in [0.5, 0.6) is 5.75 Å². The third-order valence-electron chi connectivity index (χ3n) is 13.6. The van der Waals surface area contributed by atoms with E-state index in [-0.39, 0.29) is 63.2 Å². The third kappa shape index (κ3) is 23.6. The van der Waals surface area contributed by atoms with E-state index in [9.17, 15) is 87.9 Å². The smallest absolute Gasteiger partial charge is 0.303 e. The van der Waals surface area contributed by atoms with Gasteiger partial charge in [-0.25, -0.2) is 21.7 Å². The second kappa shape index (κ2) is 35.0. The van der Waals surface area contributed by atoms with E-state index in [2.05, 4.69) is 43.0 Å². The van der Waals surface area contributed by atoms with Crippen molar-refractivity contribution >= 4 is 77.6 Å². The summed E-state index contributed by atoms with van der Waals surface area (Å²) in [5.74, 6) is -13.1. The summed E-state index contributed by atoms with van der Waals surface area (Å²) in [7, 11) is 0. The van der Waals surface area contributed by atoms with Gasteiger partial charge in [0.25, 0.3) is 0 Å². The van der Waals surface area contributed by atoms with Gasteiger partial charge in [-0.05, 0) is 92.9 Å². The highest BCUT2D eigenvalue weighted by atomic mass is 16.4. The Kier molecular flexibility index (Phi) is 29.1. The third-order valence-corrected chi connectivity index (χ3v) is 13.6. The van der Waals surface area contributed by atoms with Gasteiger partial charge in [0.1, 0.15) is 48.5 Å². The Hall–Kier alpha value is -8.01. The fourth-order valence-corrected chi connectivity index (χ4v) is 8.89. The van der Waals surface area contributed by atoms with Gasteiger partial charge in [0.15, 0.2) is 0 Å². The number of phenolic OH excluding ortho intramolecular Hbond substituents is 1. The van der Waals surface area contributed by atoms with E-state index in [1.165, 1.54) is 31.2 Å². The molecule has 5 amide bonds. The molecule has 1 aliphatic rings. The number of aliphatic carboxylic acids is 4. The second-order valence-corrected chi connectivity index (χ2v) is 20.6. The Labute approximate surface area is 473 Å². The van der Waals surface area contributed by atoms with Crippen LogP contribution < -0.4 is 43.0 Å². The average Bonchev–Trinajstić information content (AvgIpc) is 4.17. The van der Waals surface area contributed by atoms with E-state index in [1.807, 2.05) is 13.8 Å². The quantitative estimate of drug-likeness (QED) is 0.0235. The van der Waals surface area contributed by atoms with Crippen LogP contribution in [0.2, 0.25) is 0 Å². The number of phenols is 1. The summed E-state index contributed by atoms with van der Waals surface area (Å²) in [5, 5.41) is 58.3. The molecule has 450 valence electrons. The molecule has 3 rings (SSSR count). The van der Waals surface area contributed by atoms with E-state index in [0.717, 1.165) is 4.90 Å². The van der Waals surface area contributed by atoms with Crippen molar-refractivity contribution < 1.29 is 87.9 Å². The Morgan fingerprint density at radius 2 is 1.00 bits per heavy atom. The van der Waals surface area contributed by atoms with Gasteiger partial charge in [-0.2, -0.15) is 0 Å². The topological polar surface area (TPSA) is 423 Å². The second-order valence-electron chi connectivity index (χ2n) is 20.6. The number of nitrogens with one attached hydrogen (secondary N) is 8. The number of benzene rings is 2. The van der Waals surface area contributed by atoms with Crippen molar-refractivity contribution in [1.82, 2.24) is 47.9 Å². The number of aromatic hydroxyl groups is 1. The van der Waals surface area contributed by atoms with Crippen LogP contribution in [0.3, 0.4) is 0 Å². The summed E-state index contributed by atoms with van der Waals surface area (Å²) < 4.78 is 0. The molecule has 0 bridgehead atoms. The van der Waals surface area contributed by atoms with Crippen molar-refractivity contribution in [2.75, 3.05) is 6.54 Å². The molecular formula is C55H77N9O18. The Bertz CT molecular complexity index is 2530. The summed E-state index contributed by atoms with van der Waals surface area (Å²) in [4.78, 5) is 171. The number of carboxylic acid groups (broad SMARTS) is 4. The molecule has 0 aliphatic carbocycles. The molecule has 2 aromatic carbocycles. The lowest BCUT2D eigenvalue weighted by molar-refractivity contribution is -0.147. The molecule has 1 saturated heterocycles. The average molecular weight is 1150 g/mol. The standard InChI is InChI=1S/C55H77N9O18/c1-5-32(4)48(59-53(80)40(19-23-46(72)73)61-60-38(17-21-44(68)69)51(78)57-36(30-66)27-33-10-7-6-8-11-33)50(77)49(76)43-12-9-25-64(43)55(82)41(20-24-47(74)75)58-52(79)39(18-22-45(70)71)62-63-42(28-34-13-15-37(67)16-14-34)54(81)56-35(29-65)26-31(2)3/h6-8,10-11,13-16,29-32,35-36,38-43,48,60-63,67H,5,9,12,17-28H2,1-4H3,(H,56,81)(H,57,78)(H,58,79)(H,59,80)(H,68,69)(H,70,71)(H,72,73)(H,74,75)/t32-,35-,36-,38-,39-,40-,41-,42-,43-,48-/m0/s1. The number of hydrogen-bond acceptors (Lipinski definition) is 18. The number of amides is 5. The van der Waals surface area contributed by atoms with Gasteiger partial charge in [0.05, 0.1) is 24.2 Å². The van der Waals surface area contributed by atoms with Crippen molar-refractivity contribution in [3.05, 3.63) is 65.7 Å². The van der Waals surface area contributed by atoms with Crippen LogP contribution in [0.15, 0.2) is 54.6 Å². The van der Waals surface area contributed by atoms with Crippen LogP contribution in [-0.4, -0.2) is 169 Å². The molecule has 27 heteroatoms. The van der Waals surface area contributed by atoms with E-state index < -0.39 is 170 Å². The monoisotopic (exact) mass is 1150 g/mol. The number of carbonyl (C=O) groups is 13. The molecule has 0 aromatic heterocycles. The number of Topliss-reactive ketones (excluding diaryl/α,β-unsaturated/α-hetero) is 2. The first-order chi connectivity index (χ1) is 38.9. The largest absolute Gasteiger partial charge is 0.508 e. The van der Waals surface area contributed by atoms with E-state index >= 15 is 0 Å². The lowest BCUT2D eigenvalue weighted by Crippen LogP contribution is -2.61. The van der Waals surface area contributed by atoms with Gasteiger partial charge in [-0.1, -0.05) is 76.6 Å². The summed E-state index contributed by atoms with van der Waals surface area (Å²) in [6, 6.07) is 2.01. The maximum absolute atomic E-state index is 14.5. The Morgan fingerprint density at radius 3 is 1.48 bits per heavy atom. The van der Waals surface area contributed by atoms with Crippen LogP contribution in [0.25, 0.3) is 0 Å². The Morgan fingerprint density at radius 1 is 0.561 bits per heavy atom. The number of hydrazine groups is 2. The lowest BCUT2D eigenvalue weighted by Gasteiger charge is -2.31. The predicted octanol–water partition coefficient (Wildman–Crippen LogP) is -0.142. The predicted molar refractivity (Wildman–Crippen MR) is 291 cm³/mol. The fraction of sp³-hybridized carbons (Fsp3) is 0.545. The van der Waals surface area contributed by atoms with Crippen molar-refractivity contribution in [3.63, 3.8) is 0 Å². The van der Waals surface area contributed by atoms with Crippen LogP contribution >= 0.6 is 0 Å². The Balaban J connectivity index is 1.88. The number of aldehydes is 2. The van der Waals surface area contributed by atoms with Gasteiger partial charge in [-0.3, -0.25) is 52.7 Å². The first-order valence-electron chi connectivity index (χ1n) is 27.1. The molecule has 1 aliphatic heterocycles. The van der Waals surface area contributed by atoms with Gasteiger partial charge in [-0.15, -0.1) is 0 Å². The molecular weight excluding hydrogens is 1070 g/mol. The number of likely N-dealkylation sites (tertiary alicyclic amines) is 1. The van der Waals surface area contributed by atoms with E-state index in [4.69, 9.17) is 0 Å². The highest BCUT2D eigenvalue weighted by Crippen LogP contribution is 2.23. The molecule has 0 spiro atoms. The zero-order valence-corrected chi connectivity index (χ0v) is 46.3. The van der Waals surface area contributed by atoms with Gasteiger partial charge in [0, 0.05) is 32.2 Å². The summed E-state index contributed by atoms with van der Waals surface area (Å²) in [6.07, 6.45) is -2.72. The summed E-state index contributed by atoms with van der Waals surface area (Å²) in [6.45, 7) is 6.71. The summed E-state index contributed by atoms with van der Waals surface area (Å²) >= 11 is 0. The maximum Gasteiger partial charge on any atom is 0.303 e. The molecule has 0 unspecified atom stereocenters. The first kappa shape index (κ1) is 68.3. The molecule has 13 N–H and O–H groups in total. The van der Waals surface area contributed by atoms with E-state index in [0.29, 0.717) is 23.7 Å². The minimum atomic E-state index is -1.69. The number of rotatable bonds is 40. The fourth-order valence-electron chi connectivity index (χ4n) is 8.89. The van der Waals surface area contributed by atoms with Crippen LogP contribution in [0, 0.1) is 11.8 Å². The number of ketones is 2. The van der Waals surface area contributed by atoms with E-state index in [1.54, 1.807) is 37.3 Å². The molecule has 27 nitrogen and oxygen atoms in total. The SMILES string of the molecule is CC[C@H](C)[C@H](NC(=O)[C@H](CCC(=O)O)NN[C@@H](CCC(=O)O)C(=O)N[C@H](C=O)Cc1ccccc1)C(=O)C(=O)[C@@H]1CCCN1C(=O)[C@H](CCC(=O)O)NC(=O)[C@H](CCC(=O)O)NN[C@@H](Cc1ccc(O)cc1)C(=O)N[C@H](C=O)CC(C)C. The molecule has 2 aromatic rings. The molecule has 0 saturated carbocycles. The van der Waals surface area contributed by atoms with Gasteiger partial charge < -0.3 is 61.3 Å². The van der Waals surface area contributed by atoms with Gasteiger partial charge >= 0.3 is 23.9 Å². The molecule has 82 heavy (non-hydrogen) atoms. The number of hydrogen-bond donors (Lipinski definition) is 13. The lowest BCUT2D eigenvalue weighted by atomic mass is 9.90.